The maximum atomic E-state index is 13.0. The number of thiazole rings is 1. The summed E-state index contributed by atoms with van der Waals surface area (Å²) in [5.74, 6) is 0.263. The van der Waals surface area contributed by atoms with Gasteiger partial charge in [-0.15, -0.1) is 11.3 Å². The molecule has 0 bridgehead atoms. The predicted molar refractivity (Wildman–Crippen MR) is 120 cm³/mol. The number of hydrogen-bond donors (Lipinski definition) is 1. The minimum absolute atomic E-state index is 0.0637. The van der Waals surface area contributed by atoms with E-state index < -0.39 is 10.0 Å². The Morgan fingerprint density at radius 1 is 1.17 bits per heavy atom. The van der Waals surface area contributed by atoms with Gasteiger partial charge in [0, 0.05) is 17.5 Å². The summed E-state index contributed by atoms with van der Waals surface area (Å²) in [7, 11) is -2.29. The van der Waals surface area contributed by atoms with E-state index in [-0.39, 0.29) is 16.4 Å². The highest BCUT2D eigenvalue weighted by molar-refractivity contribution is 7.92. The van der Waals surface area contributed by atoms with E-state index in [9.17, 15) is 13.2 Å². The molecule has 8 heteroatoms. The zero-order valence-electron chi connectivity index (χ0n) is 16.8. The number of nitrogens with zero attached hydrogens (tertiary/aromatic N) is 2. The molecule has 156 valence electrons. The number of aryl methyl sites for hydroxylation is 1. The van der Waals surface area contributed by atoms with Crippen molar-refractivity contribution in [3.05, 3.63) is 70.7 Å². The number of benzene rings is 2. The second-order valence-electron chi connectivity index (χ2n) is 7.53. The van der Waals surface area contributed by atoms with E-state index in [1.54, 1.807) is 36.4 Å². The second kappa shape index (κ2) is 8.20. The van der Waals surface area contributed by atoms with Crippen LogP contribution in [0.4, 0.5) is 10.8 Å². The van der Waals surface area contributed by atoms with Crippen molar-refractivity contribution in [3.63, 3.8) is 0 Å². The number of amides is 1. The lowest BCUT2D eigenvalue weighted by molar-refractivity contribution is 0.102. The van der Waals surface area contributed by atoms with Crippen LogP contribution in [0.5, 0.6) is 0 Å². The van der Waals surface area contributed by atoms with Gasteiger partial charge in [0.05, 0.1) is 16.3 Å². The fourth-order valence-electron chi connectivity index (χ4n) is 3.50. The van der Waals surface area contributed by atoms with Crippen LogP contribution in [-0.2, 0) is 22.9 Å². The Kier molecular flexibility index (Phi) is 5.62. The van der Waals surface area contributed by atoms with Crippen molar-refractivity contribution in [3.8, 4) is 0 Å². The van der Waals surface area contributed by atoms with E-state index in [1.165, 1.54) is 39.7 Å². The number of fused-ring (bicyclic) bond motifs is 1. The fraction of sp³-hybridized carbons (Fsp3) is 0.273. The molecule has 1 amide bonds. The van der Waals surface area contributed by atoms with Crippen LogP contribution in [0.15, 0.2) is 59.5 Å². The minimum Gasteiger partial charge on any atom is -0.298 e. The zero-order chi connectivity index (χ0) is 21.3. The van der Waals surface area contributed by atoms with Gasteiger partial charge in [-0.25, -0.2) is 13.4 Å². The maximum absolute atomic E-state index is 13.0. The van der Waals surface area contributed by atoms with E-state index in [0.29, 0.717) is 16.7 Å². The van der Waals surface area contributed by atoms with Gasteiger partial charge in [-0.05, 0) is 55.5 Å². The lowest BCUT2D eigenvalue weighted by atomic mass is 9.93. The van der Waals surface area contributed by atoms with E-state index in [0.717, 1.165) is 25.0 Å². The Morgan fingerprint density at radius 3 is 2.70 bits per heavy atom. The summed E-state index contributed by atoms with van der Waals surface area (Å²) in [6.07, 6.45) is 3.03. The van der Waals surface area contributed by atoms with E-state index in [4.69, 9.17) is 0 Å². The largest absolute Gasteiger partial charge is 0.298 e. The van der Waals surface area contributed by atoms with E-state index in [1.807, 2.05) is 6.07 Å². The number of anilines is 2. The van der Waals surface area contributed by atoms with Gasteiger partial charge < -0.3 is 0 Å². The zero-order valence-corrected chi connectivity index (χ0v) is 18.5. The highest BCUT2D eigenvalue weighted by Gasteiger charge is 2.24. The molecule has 4 rings (SSSR count). The summed E-state index contributed by atoms with van der Waals surface area (Å²) < 4.78 is 27.2. The smallest absolute Gasteiger partial charge is 0.264 e. The predicted octanol–water partition coefficient (Wildman–Crippen LogP) is 4.35. The third-order valence-corrected chi connectivity index (χ3v) is 8.10. The molecule has 0 radical (unpaired) electrons. The topological polar surface area (TPSA) is 79.4 Å². The SMILES string of the molecule is CC1CCc2nc(NC(=O)c3cccc(S(=O)(=O)N(C)c4ccccc4)c3)sc2C1. The molecule has 6 nitrogen and oxygen atoms in total. The lowest BCUT2D eigenvalue weighted by Gasteiger charge is -2.19. The van der Waals surface area contributed by atoms with Gasteiger partial charge in [0.25, 0.3) is 15.9 Å². The summed E-state index contributed by atoms with van der Waals surface area (Å²) in [6, 6.07) is 14.9. The van der Waals surface area contributed by atoms with Crippen LogP contribution < -0.4 is 9.62 Å². The van der Waals surface area contributed by atoms with Gasteiger partial charge in [0.15, 0.2) is 5.13 Å². The molecule has 0 saturated carbocycles. The molecule has 1 N–H and O–H groups in total. The molecule has 1 aromatic heterocycles. The molecule has 1 aliphatic rings. The Labute approximate surface area is 180 Å². The third kappa shape index (κ3) is 4.11. The maximum Gasteiger partial charge on any atom is 0.264 e. The van der Waals surface area contributed by atoms with Crippen molar-refractivity contribution in [2.24, 2.45) is 5.92 Å². The molecule has 1 unspecified atom stereocenters. The first kappa shape index (κ1) is 20.6. The number of nitrogens with one attached hydrogen (secondary N) is 1. The van der Waals surface area contributed by atoms with Crippen molar-refractivity contribution in [1.29, 1.82) is 0 Å². The van der Waals surface area contributed by atoms with Crippen LogP contribution in [0.3, 0.4) is 0 Å². The molecule has 1 aliphatic carbocycles. The van der Waals surface area contributed by atoms with Gasteiger partial charge in [-0.3, -0.25) is 14.4 Å². The lowest BCUT2D eigenvalue weighted by Crippen LogP contribution is -2.26. The summed E-state index contributed by atoms with van der Waals surface area (Å²) in [4.78, 5) is 18.6. The van der Waals surface area contributed by atoms with Gasteiger partial charge in [0.2, 0.25) is 0 Å². The Bertz CT molecular complexity index is 1170. The number of rotatable bonds is 5. The minimum atomic E-state index is -3.79. The summed E-state index contributed by atoms with van der Waals surface area (Å²) in [6.45, 7) is 2.22. The highest BCUT2D eigenvalue weighted by Crippen LogP contribution is 2.32. The molecule has 0 aliphatic heterocycles. The molecule has 1 atom stereocenters. The number of aromatic nitrogens is 1. The number of carbonyl (C=O) groups excluding carboxylic acids is 1. The molecular weight excluding hydrogens is 418 g/mol. The molecule has 1 heterocycles. The van der Waals surface area contributed by atoms with Crippen LogP contribution in [0.2, 0.25) is 0 Å². The summed E-state index contributed by atoms with van der Waals surface area (Å²) >= 11 is 1.50. The van der Waals surface area contributed by atoms with Crippen molar-refractivity contribution in [2.45, 2.75) is 31.1 Å². The van der Waals surface area contributed by atoms with Gasteiger partial charge in [-0.1, -0.05) is 31.2 Å². The molecule has 30 heavy (non-hydrogen) atoms. The summed E-state index contributed by atoms with van der Waals surface area (Å²) in [5.41, 5.74) is 1.89. The van der Waals surface area contributed by atoms with Gasteiger partial charge >= 0.3 is 0 Å². The Hall–Kier alpha value is -2.71. The van der Waals surface area contributed by atoms with Crippen molar-refractivity contribution < 1.29 is 13.2 Å². The molecular formula is C22H23N3O3S2. The molecule has 3 aromatic rings. The van der Waals surface area contributed by atoms with E-state index in [2.05, 4.69) is 17.2 Å². The molecule has 2 aromatic carbocycles. The van der Waals surface area contributed by atoms with Crippen LogP contribution in [0.25, 0.3) is 0 Å². The molecule has 0 saturated heterocycles. The monoisotopic (exact) mass is 441 g/mol. The van der Waals surface area contributed by atoms with Crippen molar-refractivity contribution >= 4 is 38.1 Å². The Balaban J connectivity index is 1.55. The van der Waals surface area contributed by atoms with E-state index >= 15 is 0 Å². The number of sulfonamides is 1. The average molecular weight is 442 g/mol. The van der Waals surface area contributed by atoms with Crippen molar-refractivity contribution in [2.75, 3.05) is 16.7 Å². The van der Waals surface area contributed by atoms with Crippen LogP contribution >= 0.6 is 11.3 Å². The quantitative estimate of drug-likeness (QED) is 0.639. The van der Waals surface area contributed by atoms with Crippen LogP contribution in [0.1, 0.15) is 34.3 Å². The second-order valence-corrected chi connectivity index (χ2v) is 10.6. The van der Waals surface area contributed by atoms with Crippen LogP contribution in [-0.4, -0.2) is 26.4 Å². The Morgan fingerprint density at radius 2 is 1.93 bits per heavy atom. The van der Waals surface area contributed by atoms with Crippen LogP contribution in [0, 0.1) is 5.92 Å². The van der Waals surface area contributed by atoms with Gasteiger partial charge in [0.1, 0.15) is 0 Å². The standard InChI is InChI=1S/C22H23N3O3S2/c1-15-11-12-19-20(13-15)29-22(23-19)24-21(26)16-7-6-10-18(14-16)30(27,28)25(2)17-8-4-3-5-9-17/h3-10,14-15H,11-13H2,1-2H3,(H,23,24,26). The molecule has 0 fully saturated rings. The van der Waals surface area contributed by atoms with Gasteiger partial charge in [-0.2, -0.15) is 0 Å². The average Bonchev–Trinajstić information content (AvgIpc) is 3.15. The third-order valence-electron chi connectivity index (χ3n) is 5.28. The van der Waals surface area contributed by atoms with Crippen molar-refractivity contribution in [1.82, 2.24) is 4.98 Å². The highest BCUT2D eigenvalue weighted by atomic mass is 32.2. The fourth-order valence-corrected chi connectivity index (χ4v) is 5.90. The number of carbonyl (C=O) groups is 1. The first-order chi connectivity index (χ1) is 14.3. The normalized spacial score (nSPS) is 16.0. The number of hydrogen-bond acceptors (Lipinski definition) is 5. The first-order valence-corrected chi connectivity index (χ1v) is 12.0. The molecule has 0 spiro atoms. The summed E-state index contributed by atoms with van der Waals surface area (Å²) in [5, 5.41) is 3.39. The number of para-hydroxylation sites is 1. The first-order valence-electron chi connectivity index (χ1n) is 9.78.